The maximum absolute atomic E-state index is 11.8. The maximum Gasteiger partial charge on any atom is 0.251 e. The fraction of sp³-hybridized carbons (Fsp3) is 0.462. The second-order valence-corrected chi connectivity index (χ2v) is 4.77. The number of hydrogen-bond acceptors (Lipinski definition) is 2. The molecular weight excluding hydrogens is 282 g/mol. The first-order valence-electron chi connectivity index (χ1n) is 5.68. The second kappa shape index (κ2) is 7.45. The summed E-state index contributed by atoms with van der Waals surface area (Å²) in [5, 5.41) is 2.89. The van der Waals surface area contributed by atoms with Crippen LogP contribution >= 0.6 is 15.9 Å². The average molecular weight is 300 g/mol. The first kappa shape index (κ1) is 14.2. The van der Waals surface area contributed by atoms with Gasteiger partial charge in [-0.05, 0) is 37.5 Å². The molecule has 0 fully saturated rings. The number of ether oxygens (including phenoxy) is 1. The Morgan fingerprint density at radius 1 is 1.41 bits per heavy atom. The fourth-order valence-electron chi connectivity index (χ4n) is 1.41. The lowest BCUT2D eigenvalue weighted by atomic mass is 10.1. The lowest BCUT2D eigenvalue weighted by Crippen LogP contribution is -2.24. The number of halogens is 1. The van der Waals surface area contributed by atoms with E-state index in [0.717, 1.165) is 29.5 Å². The molecule has 0 aliphatic carbocycles. The van der Waals surface area contributed by atoms with E-state index in [2.05, 4.69) is 21.2 Å². The van der Waals surface area contributed by atoms with E-state index < -0.39 is 0 Å². The van der Waals surface area contributed by atoms with Crippen molar-refractivity contribution >= 4 is 21.8 Å². The fourth-order valence-corrected chi connectivity index (χ4v) is 1.79. The van der Waals surface area contributed by atoms with Crippen molar-refractivity contribution in [2.45, 2.75) is 19.8 Å². The summed E-state index contributed by atoms with van der Waals surface area (Å²) in [5.41, 5.74) is 1.82. The van der Waals surface area contributed by atoms with Gasteiger partial charge in [0.05, 0.1) is 0 Å². The van der Waals surface area contributed by atoms with Crippen molar-refractivity contribution in [2.24, 2.45) is 0 Å². The number of carbonyl (C=O) groups excluding carboxylic acids is 1. The van der Waals surface area contributed by atoms with E-state index in [1.54, 1.807) is 7.11 Å². The van der Waals surface area contributed by atoms with Crippen molar-refractivity contribution in [2.75, 3.05) is 20.3 Å². The van der Waals surface area contributed by atoms with E-state index in [1.807, 2.05) is 25.1 Å². The molecule has 0 aliphatic rings. The van der Waals surface area contributed by atoms with Crippen LogP contribution in [0.4, 0.5) is 0 Å². The molecule has 0 unspecified atom stereocenters. The molecule has 0 saturated carbocycles. The van der Waals surface area contributed by atoms with Crippen molar-refractivity contribution in [3.63, 3.8) is 0 Å². The first-order valence-corrected chi connectivity index (χ1v) is 6.47. The van der Waals surface area contributed by atoms with Gasteiger partial charge < -0.3 is 10.1 Å². The Labute approximate surface area is 111 Å². The Kier molecular flexibility index (Phi) is 6.22. The lowest BCUT2D eigenvalue weighted by molar-refractivity contribution is 0.0951. The van der Waals surface area contributed by atoms with Gasteiger partial charge in [-0.25, -0.2) is 0 Å². The summed E-state index contributed by atoms with van der Waals surface area (Å²) < 4.78 is 5.91. The molecule has 1 aromatic rings. The molecule has 1 aromatic carbocycles. The highest BCUT2D eigenvalue weighted by Crippen LogP contribution is 2.17. The Hall–Kier alpha value is -0.870. The van der Waals surface area contributed by atoms with E-state index in [-0.39, 0.29) is 5.91 Å². The summed E-state index contributed by atoms with van der Waals surface area (Å²) in [7, 11) is 1.68. The van der Waals surface area contributed by atoms with Crippen molar-refractivity contribution in [1.29, 1.82) is 0 Å². The molecule has 1 N–H and O–H groups in total. The molecule has 4 heteroatoms. The zero-order valence-corrected chi connectivity index (χ0v) is 11.8. The Bertz CT molecular complexity index is 380. The summed E-state index contributed by atoms with van der Waals surface area (Å²) in [6.45, 7) is 3.43. The van der Waals surface area contributed by atoms with Crippen LogP contribution in [0.25, 0.3) is 0 Å². The van der Waals surface area contributed by atoms with Gasteiger partial charge in [-0.3, -0.25) is 4.79 Å². The van der Waals surface area contributed by atoms with Crippen molar-refractivity contribution in [3.8, 4) is 0 Å². The number of methoxy groups -OCH3 is 1. The van der Waals surface area contributed by atoms with Gasteiger partial charge in [0.15, 0.2) is 0 Å². The number of hydrogen-bond donors (Lipinski definition) is 1. The second-order valence-electron chi connectivity index (χ2n) is 3.92. The van der Waals surface area contributed by atoms with Gasteiger partial charge in [0.1, 0.15) is 0 Å². The van der Waals surface area contributed by atoms with Crippen molar-refractivity contribution in [3.05, 3.63) is 33.8 Å². The third kappa shape index (κ3) is 4.88. The third-order valence-corrected chi connectivity index (χ3v) is 3.35. The van der Waals surface area contributed by atoms with E-state index in [0.29, 0.717) is 12.1 Å². The number of carbonyl (C=O) groups is 1. The predicted octanol–water partition coefficient (Wildman–Crippen LogP) is 2.91. The number of rotatable bonds is 6. The van der Waals surface area contributed by atoms with Gasteiger partial charge in [0, 0.05) is 30.3 Å². The quantitative estimate of drug-likeness (QED) is 0.820. The SMILES string of the molecule is COCCCCNC(=O)c1ccc(C)c(Br)c1. The van der Waals surface area contributed by atoms with Crippen LogP contribution in [0.5, 0.6) is 0 Å². The first-order chi connectivity index (χ1) is 8.15. The molecule has 0 bridgehead atoms. The topological polar surface area (TPSA) is 38.3 Å². The number of nitrogens with one attached hydrogen (secondary N) is 1. The minimum atomic E-state index is -0.0249. The van der Waals surface area contributed by atoms with E-state index in [4.69, 9.17) is 4.74 Å². The molecule has 0 spiro atoms. The Morgan fingerprint density at radius 2 is 2.18 bits per heavy atom. The maximum atomic E-state index is 11.8. The Balaban J connectivity index is 2.39. The van der Waals surface area contributed by atoms with Crippen molar-refractivity contribution in [1.82, 2.24) is 5.32 Å². The number of unbranched alkanes of at least 4 members (excludes halogenated alkanes) is 1. The van der Waals surface area contributed by atoms with Gasteiger partial charge in [0.2, 0.25) is 0 Å². The molecule has 0 atom stereocenters. The summed E-state index contributed by atoms with van der Waals surface area (Å²) in [6, 6.07) is 5.62. The molecule has 1 rings (SSSR count). The molecule has 94 valence electrons. The van der Waals surface area contributed by atoms with Gasteiger partial charge in [0.25, 0.3) is 5.91 Å². The average Bonchev–Trinajstić information content (AvgIpc) is 2.32. The van der Waals surface area contributed by atoms with Crippen LogP contribution in [0.1, 0.15) is 28.8 Å². The lowest BCUT2D eigenvalue weighted by Gasteiger charge is -2.06. The molecule has 17 heavy (non-hydrogen) atoms. The molecule has 0 heterocycles. The van der Waals surface area contributed by atoms with Crippen LogP contribution in [0.2, 0.25) is 0 Å². The molecule has 3 nitrogen and oxygen atoms in total. The van der Waals surface area contributed by atoms with Crippen LogP contribution in [0.15, 0.2) is 22.7 Å². The summed E-state index contributed by atoms with van der Waals surface area (Å²) in [6.07, 6.45) is 1.90. The monoisotopic (exact) mass is 299 g/mol. The summed E-state index contributed by atoms with van der Waals surface area (Å²) in [4.78, 5) is 11.8. The van der Waals surface area contributed by atoms with E-state index >= 15 is 0 Å². The standard InChI is InChI=1S/C13H18BrNO2/c1-10-5-6-11(9-12(10)14)13(16)15-7-3-4-8-17-2/h5-6,9H,3-4,7-8H2,1-2H3,(H,15,16). The molecular formula is C13H18BrNO2. The molecule has 0 aliphatic heterocycles. The highest BCUT2D eigenvalue weighted by atomic mass is 79.9. The largest absolute Gasteiger partial charge is 0.385 e. The predicted molar refractivity (Wildman–Crippen MR) is 72.3 cm³/mol. The zero-order valence-electron chi connectivity index (χ0n) is 10.3. The number of aryl methyl sites for hydroxylation is 1. The van der Waals surface area contributed by atoms with Crippen LogP contribution in [0.3, 0.4) is 0 Å². The van der Waals surface area contributed by atoms with Crippen LogP contribution in [0, 0.1) is 6.92 Å². The highest BCUT2D eigenvalue weighted by Gasteiger charge is 2.05. The zero-order chi connectivity index (χ0) is 12.7. The molecule has 1 amide bonds. The number of benzene rings is 1. The molecule has 0 aromatic heterocycles. The highest BCUT2D eigenvalue weighted by molar-refractivity contribution is 9.10. The van der Waals surface area contributed by atoms with Crippen LogP contribution in [-0.2, 0) is 4.74 Å². The minimum absolute atomic E-state index is 0.0249. The third-order valence-electron chi connectivity index (χ3n) is 2.49. The molecule has 0 saturated heterocycles. The van der Waals surface area contributed by atoms with Gasteiger partial charge >= 0.3 is 0 Å². The number of amides is 1. The van der Waals surface area contributed by atoms with Gasteiger partial charge in [-0.2, -0.15) is 0 Å². The van der Waals surface area contributed by atoms with E-state index in [1.165, 1.54) is 0 Å². The molecule has 0 radical (unpaired) electrons. The van der Waals surface area contributed by atoms with Gasteiger partial charge in [-0.15, -0.1) is 0 Å². The Morgan fingerprint density at radius 3 is 2.82 bits per heavy atom. The summed E-state index contributed by atoms with van der Waals surface area (Å²) >= 11 is 3.42. The minimum Gasteiger partial charge on any atom is -0.385 e. The smallest absolute Gasteiger partial charge is 0.251 e. The normalized spacial score (nSPS) is 10.3. The van der Waals surface area contributed by atoms with Crippen LogP contribution < -0.4 is 5.32 Å². The van der Waals surface area contributed by atoms with Crippen molar-refractivity contribution < 1.29 is 9.53 Å². The van der Waals surface area contributed by atoms with E-state index in [9.17, 15) is 4.79 Å². The van der Waals surface area contributed by atoms with Gasteiger partial charge in [-0.1, -0.05) is 22.0 Å². The van der Waals surface area contributed by atoms with Crippen LogP contribution in [-0.4, -0.2) is 26.2 Å². The summed E-state index contributed by atoms with van der Waals surface area (Å²) in [5.74, 6) is -0.0249.